The van der Waals surface area contributed by atoms with Crippen molar-refractivity contribution in [3.63, 3.8) is 0 Å². The highest BCUT2D eigenvalue weighted by Gasteiger charge is 2.37. The fourth-order valence-corrected chi connectivity index (χ4v) is 3.36. The molecule has 0 bridgehead atoms. The van der Waals surface area contributed by atoms with Gasteiger partial charge in [0.05, 0.1) is 29.3 Å². The van der Waals surface area contributed by atoms with E-state index in [-0.39, 0.29) is 28.0 Å². The van der Waals surface area contributed by atoms with E-state index in [4.69, 9.17) is 26.3 Å². The number of hydrogen-bond acceptors (Lipinski definition) is 5. The second-order valence-corrected chi connectivity index (χ2v) is 7.59. The summed E-state index contributed by atoms with van der Waals surface area (Å²) in [5, 5.41) is 17.3. The molecule has 0 aliphatic heterocycles. The number of alkyl halides is 3. The van der Waals surface area contributed by atoms with E-state index in [9.17, 15) is 13.2 Å². The van der Waals surface area contributed by atoms with Gasteiger partial charge in [0.25, 0.3) is 0 Å². The van der Waals surface area contributed by atoms with Gasteiger partial charge in [-0.1, -0.05) is 11.6 Å². The van der Waals surface area contributed by atoms with Gasteiger partial charge in [-0.25, -0.2) is 0 Å². The monoisotopic (exact) mass is 450 g/mol. The van der Waals surface area contributed by atoms with E-state index in [1.165, 1.54) is 29.9 Å². The number of nitriles is 1. The predicted molar refractivity (Wildman–Crippen MR) is 108 cm³/mol. The Bertz CT molecular complexity index is 1170. The van der Waals surface area contributed by atoms with Crippen LogP contribution in [0.1, 0.15) is 30.8 Å². The third kappa shape index (κ3) is 4.44. The largest absolute Gasteiger partial charge is 0.497 e. The molecule has 31 heavy (non-hydrogen) atoms. The van der Waals surface area contributed by atoms with Gasteiger partial charge in [-0.3, -0.25) is 0 Å². The minimum Gasteiger partial charge on any atom is -0.497 e. The fourth-order valence-electron chi connectivity index (χ4n) is 3.14. The van der Waals surface area contributed by atoms with Crippen molar-refractivity contribution in [3.8, 4) is 29.0 Å². The van der Waals surface area contributed by atoms with Crippen LogP contribution in [0.3, 0.4) is 0 Å². The molecule has 162 valence electrons. The Kier molecular flexibility index (Phi) is 5.87. The molecular formula is C21H18ClF3N4O2. The van der Waals surface area contributed by atoms with Crippen LogP contribution in [0.2, 0.25) is 5.02 Å². The van der Waals surface area contributed by atoms with Crippen LogP contribution in [0.4, 0.5) is 13.2 Å². The maximum atomic E-state index is 13.6. The zero-order valence-electron chi connectivity index (χ0n) is 17.1. The van der Waals surface area contributed by atoms with Crippen molar-refractivity contribution < 1.29 is 22.6 Å². The molecule has 0 saturated carbocycles. The molecule has 6 nitrogen and oxygen atoms in total. The second-order valence-electron chi connectivity index (χ2n) is 7.18. The Morgan fingerprint density at radius 3 is 2.39 bits per heavy atom. The highest BCUT2D eigenvalue weighted by Crippen LogP contribution is 2.39. The SMILES string of the molecule is COc1ccc(-c2nnc(C(C)(C)Oc3ccc(C#N)cc3Cl)n2C)c(C(F)(F)F)c1. The molecule has 2 aromatic carbocycles. The average molecular weight is 451 g/mol. The molecule has 3 rings (SSSR count). The van der Waals surface area contributed by atoms with Crippen molar-refractivity contribution in [3.05, 3.63) is 58.4 Å². The quantitative estimate of drug-likeness (QED) is 0.524. The molecule has 0 atom stereocenters. The van der Waals surface area contributed by atoms with E-state index in [0.29, 0.717) is 11.3 Å². The minimum atomic E-state index is -4.61. The lowest BCUT2D eigenvalue weighted by Crippen LogP contribution is -2.29. The van der Waals surface area contributed by atoms with E-state index < -0.39 is 17.3 Å². The van der Waals surface area contributed by atoms with Gasteiger partial charge in [-0.15, -0.1) is 10.2 Å². The standard InChI is InChI=1S/C21H18ClF3N4O2/c1-20(2,31-17-8-5-12(11-26)9-16(17)22)19-28-27-18(29(19)3)14-7-6-13(30-4)10-15(14)21(23,24)25/h5-10H,1-4H3. The molecule has 10 heteroatoms. The van der Waals surface area contributed by atoms with Crippen LogP contribution in [0.5, 0.6) is 11.5 Å². The van der Waals surface area contributed by atoms with Crippen molar-refractivity contribution in [2.24, 2.45) is 7.05 Å². The molecular weight excluding hydrogens is 433 g/mol. The Labute approximate surface area is 181 Å². The Hall–Kier alpha value is -3.25. The van der Waals surface area contributed by atoms with Crippen molar-refractivity contribution in [1.29, 1.82) is 5.26 Å². The van der Waals surface area contributed by atoms with Gasteiger partial charge in [-0.05, 0) is 50.2 Å². The van der Waals surface area contributed by atoms with Crippen molar-refractivity contribution in [2.45, 2.75) is 25.6 Å². The van der Waals surface area contributed by atoms with Gasteiger partial charge >= 0.3 is 6.18 Å². The molecule has 0 saturated heterocycles. The molecule has 1 heterocycles. The molecule has 0 radical (unpaired) electrons. The normalized spacial score (nSPS) is 11.8. The van der Waals surface area contributed by atoms with Crippen molar-refractivity contribution >= 4 is 11.6 Å². The molecule has 3 aromatic rings. The van der Waals surface area contributed by atoms with E-state index in [2.05, 4.69) is 10.2 Å². The summed E-state index contributed by atoms with van der Waals surface area (Å²) in [5.41, 5.74) is -1.75. The van der Waals surface area contributed by atoms with Crippen molar-refractivity contribution in [1.82, 2.24) is 14.8 Å². The minimum absolute atomic E-state index is 0.0209. The summed E-state index contributed by atoms with van der Waals surface area (Å²) in [4.78, 5) is 0. The van der Waals surface area contributed by atoms with Gasteiger partial charge in [0.15, 0.2) is 17.2 Å². The summed E-state index contributed by atoms with van der Waals surface area (Å²) in [6.45, 7) is 3.38. The summed E-state index contributed by atoms with van der Waals surface area (Å²) < 4.78 is 53.3. The first kappa shape index (κ1) is 22.4. The Morgan fingerprint density at radius 1 is 1.10 bits per heavy atom. The summed E-state index contributed by atoms with van der Waals surface area (Å²) in [6.07, 6.45) is -4.61. The van der Waals surface area contributed by atoms with E-state index in [1.807, 2.05) is 6.07 Å². The maximum Gasteiger partial charge on any atom is 0.417 e. The van der Waals surface area contributed by atoms with Crippen LogP contribution in [0.15, 0.2) is 36.4 Å². The first-order chi connectivity index (χ1) is 14.5. The number of nitrogens with zero attached hydrogens (tertiary/aromatic N) is 4. The molecule has 0 aliphatic carbocycles. The third-order valence-corrected chi connectivity index (χ3v) is 4.91. The van der Waals surface area contributed by atoms with Crippen LogP contribution < -0.4 is 9.47 Å². The summed E-state index contributed by atoms with van der Waals surface area (Å²) in [5.74, 6) is 0.688. The van der Waals surface area contributed by atoms with Crippen molar-refractivity contribution in [2.75, 3.05) is 7.11 Å². The molecule has 0 N–H and O–H groups in total. The number of hydrogen-bond donors (Lipinski definition) is 0. The maximum absolute atomic E-state index is 13.6. The fraction of sp³-hybridized carbons (Fsp3) is 0.286. The van der Waals surface area contributed by atoms with Gasteiger partial charge in [0.2, 0.25) is 0 Å². The summed E-state index contributed by atoms with van der Waals surface area (Å²) >= 11 is 6.19. The predicted octanol–water partition coefficient (Wildman–Crippen LogP) is 5.35. The first-order valence-corrected chi connectivity index (χ1v) is 9.40. The number of ether oxygens (including phenoxy) is 2. The lowest BCUT2D eigenvalue weighted by molar-refractivity contribution is -0.137. The van der Waals surface area contributed by atoms with Crippen LogP contribution in [0, 0.1) is 11.3 Å². The molecule has 0 amide bonds. The number of halogens is 4. The van der Waals surface area contributed by atoms with Crippen LogP contribution >= 0.6 is 11.6 Å². The van der Waals surface area contributed by atoms with Crippen LogP contribution in [-0.2, 0) is 18.8 Å². The highest BCUT2D eigenvalue weighted by molar-refractivity contribution is 6.32. The molecule has 0 unspecified atom stereocenters. The molecule has 0 spiro atoms. The first-order valence-electron chi connectivity index (χ1n) is 9.02. The van der Waals surface area contributed by atoms with E-state index in [1.54, 1.807) is 33.0 Å². The molecule has 0 aliphatic rings. The molecule has 1 aromatic heterocycles. The summed E-state index contributed by atoms with van der Waals surface area (Å²) in [6, 6.07) is 10.2. The van der Waals surface area contributed by atoms with E-state index >= 15 is 0 Å². The average Bonchev–Trinajstić information content (AvgIpc) is 3.10. The van der Waals surface area contributed by atoms with Crippen LogP contribution in [0.25, 0.3) is 11.4 Å². The van der Waals surface area contributed by atoms with Crippen LogP contribution in [-0.4, -0.2) is 21.9 Å². The third-order valence-electron chi connectivity index (χ3n) is 4.61. The number of aromatic nitrogens is 3. The molecule has 0 fully saturated rings. The van der Waals surface area contributed by atoms with E-state index in [0.717, 1.165) is 6.07 Å². The Morgan fingerprint density at radius 2 is 1.81 bits per heavy atom. The lowest BCUT2D eigenvalue weighted by atomic mass is 10.1. The number of rotatable bonds is 5. The number of methoxy groups -OCH3 is 1. The van der Waals surface area contributed by atoms with Gasteiger partial charge in [0, 0.05) is 12.6 Å². The van der Waals surface area contributed by atoms with Gasteiger partial charge in [0.1, 0.15) is 11.5 Å². The topological polar surface area (TPSA) is 73.0 Å². The smallest absolute Gasteiger partial charge is 0.417 e. The lowest BCUT2D eigenvalue weighted by Gasteiger charge is -2.26. The second kappa shape index (κ2) is 8.12. The zero-order valence-corrected chi connectivity index (χ0v) is 17.8. The summed E-state index contributed by atoms with van der Waals surface area (Å²) in [7, 11) is 2.85. The van der Waals surface area contributed by atoms with Gasteiger partial charge in [-0.2, -0.15) is 18.4 Å². The number of benzene rings is 2. The Balaban J connectivity index is 2.03. The zero-order chi connectivity index (χ0) is 23.0. The highest BCUT2D eigenvalue weighted by atomic mass is 35.5. The van der Waals surface area contributed by atoms with Gasteiger partial charge < -0.3 is 14.0 Å².